The molecular formula is C27H44N7O17P3S. The SMILES string of the molecule is C/C=C/CCC(=O)SCCNC(=O)CCNC(=O)[C@H](O)C(C)(C)COP(=O)(O)OP(=O)(O)OC[C@H]1O[C@@H](n2cnc3c(N)ncnc32)[C@H](O)[C@@H]1OP(=O)(O)O. The highest BCUT2D eigenvalue weighted by molar-refractivity contribution is 8.13. The van der Waals surface area contributed by atoms with E-state index in [1.165, 1.54) is 13.8 Å². The van der Waals surface area contributed by atoms with Crippen LogP contribution in [-0.4, -0.2) is 123 Å². The third kappa shape index (κ3) is 14.6. The number of thioether (sulfide) groups is 1. The molecule has 2 aromatic rings. The molecule has 0 spiro atoms. The lowest BCUT2D eigenvalue weighted by atomic mass is 9.87. The van der Waals surface area contributed by atoms with Crippen molar-refractivity contribution in [2.45, 2.75) is 70.7 Å². The molecule has 3 heterocycles. The molecular weight excluding hydrogens is 819 g/mol. The first kappa shape index (κ1) is 46.7. The fourth-order valence-corrected chi connectivity index (χ4v) is 8.26. The number of phosphoric ester groups is 3. The van der Waals surface area contributed by atoms with Crippen LogP contribution in [0.25, 0.3) is 11.2 Å². The second-order valence-electron chi connectivity index (χ2n) is 12.4. The van der Waals surface area contributed by atoms with Crippen molar-refractivity contribution in [3.8, 4) is 0 Å². The minimum absolute atomic E-state index is 0.00993. The van der Waals surface area contributed by atoms with Gasteiger partial charge in [0.15, 0.2) is 22.8 Å². The van der Waals surface area contributed by atoms with Gasteiger partial charge in [0, 0.05) is 37.1 Å². The number of fused-ring (bicyclic) bond motifs is 1. The molecule has 0 aliphatic carbocycles. The average Bonchev–Trinajstić information content (AvgIpc) is 3.64. The minimum atomic E-state index is -5.57. The van der Waals surface area contributed by atoms with Gasteiger partial charge in [-0.3, -0.25) is 32.5 Å². The Morgan fingerprint density at radius 1 is 1.07 bits per heavy atom. The predicted octanol–water partition coefficient (Wildman–Crippen LogP) is 0.0210. The van der Waals surface area contributed by atoms with Crippen molar-refractivity contribution in [2.75, 3.05) is 37.8 Å². The average molecular weight is 864 g/mol. The molecule has 2 amide bonds. The summed E-state index contributed by atoms with van der Waals surface area (Å²) < 4.78 is 62.0. The summed E-state index contributed by atoms with van der Waals surface area (Å²) in [6, 6.07) is 0. The third-order valence-corrected chi connectivity index (χ3v) is 11.5. The van der Waals surface area contributed by atoms with E-state index in [1.54, 1.807) is 0 Å². The fraction of sp³-hybridized carbons (Fsp3) is 0.630. The number of aliphatic hydroxyl groups is 2. The second-order valence-corrected chi connectivity index (χ2v) is 17.8. The number of aromatic nitrogens is 4. The first-order chi connectivity index (χ1) is 25.6. The lowest BCUT2D eigenvalue weighted by Crippen LogP contribution is -2.46. The Morgan fingerprint density at radius 2 is 1.76 bits per heavy atom. The first-order valence-corrected chi connectivity index (χ1v) is 21.7. The molecule has 1 fully saturated rings. The number of phosphoric acid groups is 3. The van der Waals surface area contributed by atoms with Crippen molar-refractivity contribution in [3.63, 3.8) is 0 Å². The fourth-order valence-electron chi connectivity index (χ4n) is 4.74. The lowest BCUT2D eigenvalue weighted by molar-refractivity contribution is -0.137. The number of nitrogens with two attached hydrogens (primary N) is 1. The molecule has 55 heavy (non-hydrogen) atoms. The van der Waals surface area contributed by atoms with Crippen molar-refractivity contribution in [1.29, 1.82) is 0 Å². The topological polar surface area (TPSA) is 364 Å². The molecule has 1 saturated heterocycles. The van der Waals surface area contributed by atoms with E-state index >= 15 is 0 Å². The summed E-state index contributed by atoms with van der Waals surface area (Å²) >= 11 is 1.09. The normalized spacial score (nSPS) is 22.0. The van der Waals surface area contributed by atoms with E-state index in [4.69, 9.17) is 19.5 Å². The molecule has 7 atom stereocenters. The second kappa shape index (κ2) is 20.1. The molecule has 310 valence electrons. The van der Waals surface area contributed by atoms with Gasteiger partial charge in [-0.15, -0.1) is 0 Å². The maximum absolute atomic E-state index is 12.7. The molecule has 24 nitrogen and oxygen atoms in total. The quantitative estimate of drug-likeness (QED) is 0.0428. The number of carbonyl (C=O) groups is 3. The van der Waals surface area contributed by atoms with Crippen LogP contribution in [0, 0.1) is 5.41 Å². The van der Waals surface area contributed by atoms with Gasteiger partial charge in [0.05, 0.1) is 19.5 Å². The molecule has 1 aliphatic rings. The highest BCUT2D eigenvalue weighted by Gasteiger charge is 2.50. The van der Waals surface area contributed by atoms with Crippen LogP contribution in [0.2, 0.25) is 0 Å². The van der Waals surface area contributed by atoms with E-state index in [0.29, 0.717) is 18.6 Å². The zero-order valence-corrected chi connectivity index (χ0v) is 33.1. The zero-order valence-electron chi connectivity index (χ0n) is 29.6. The van der Waals surface area contributed by atoms with Crippen molar-refractivity contribution in [2.24, 2.45) is 5.41 Å². The molecule has 0 radical (unpaired) electrons. The number of hydrogen-bond acceptors (Lipinski definition) is 18. The van der Waals surface area contributed by atoms with Gasteiger partial charge in [-0.25, -0.2) is 28.6 Å². The smallest absolute Gasteiger partial charge is 0.386 e. The zero-order chi connectivity index (χ0) is 41.2. The van der Waals surface area contributed by atoms with Crippen molar-refractivity contribution < 1.29 is 80.5 Å². The maximum Gasteiger partial charge on any atom is 0.481 e. The number of anilines is 1. The van der Waals surface area contributed by atoms with Crippen molar-refractivity contribution in [1.82, 2.24) is 30.2 Å². The number of hydrogen-bond donors (Lipinski definition) is 9. The Bertz CT molecular complexity index is 1830. The molecule has 3 rings (SSSR count). The molecule has 10 N–H and O–H groups in total. The number of nitrogens with zero attached hydrogens (tertiary/aromatic N) is 4. The van der Waals surface area contributed by atoms with Gasteiger partial charge in [-0.05, 0) is 13.3 Å². The molecule has 0 bridgehead atoms. The van der Waals surface area contributed by atoms with Crippen LogP contribution in [-0.2, 0) is 50.7 Å². The van der Waals surface area contributed by atoms with E-state index in [2.05, 4.69) is 34.4 Å². The van der Waals surface area contributed by atoms with E-state index in [9.17, 15) is 57.9 Å². The summed E-state index contributed by atoms with van der Waals surface area (Å²) in [5.74, 6) is -1.08. The number of carbonyl (C=O) groups excluding carboxylic acids is 3. The number of ether oxygens (including phenoxy) is 1. The van der Waals surface area contributed by atoms with E-state index in [-0.39, 0.29) is 41.6 Å². The molecule has 1 aliphatic heterocycles. The number of rotatable bonds is 22. The molecule has 2 unspecified atom stereocenters. The molecule has 0 aromatic carbocycles. The van der Waals surface area contributed by atoms with Crippen LogP contribution in [0.15, 0.2) is 24.8 Å². The first-order valence-electron chi connectivity index (χ1n) is 16.2. The summed E-state index contributed by atoms with van der Waals surface area (Å²) in [7, 11) is -16.4. The maximum atomic E-state index is 12.7. The molecule has 28 heteroatoms. The Hall–Kier alpha value is -2.70. The van der Waals surface area contributed by atoms with Crippen LogP contribution in [0.4, 0.5) is 5.82 Å². The van der Waals surface area contributed by atoms with Crippen molar-refractivity contribution >= 4 is 69.1 Å². The van der Waals surface area contributed by atoms with Crippen LogP contribution < -0.4 is 16.4 Å². The van der Waals surface area contributed by atoms with Gasteiger partial charge in [0.25, 0.3) is 0 Å². The van der Waals surface area contributed by atoms with Gasteiger partial charge in [-0.1, -0.05) is 37.8 Å². The van der Waals surface area contributed by atoms with Gasteiger partial charge in [0.1, 0.15) is 36.3 Å². The van der Waals surface area contributed by atoms with E-state index in [1.807, 2.05) is 19.1 Å². The Kier molecular flexibility index (Phi) is 17.1. The Morgan fingerprint density at radius 3 is 2.44 bits per heavy atom. The number of nitrogens with one attached hydrogen (secondary N) is 2. The predicted molar refractivity (Wildman–Crippen MR) is 191 cm³/mol. The van der Waals surface area contributed by atoms with Crippen LogP contribution in [0.5, 0.6) is 0 Å². The number of allylic oxidation sites excluding steroid dienone is 2. The largest absolute Gasteiger partial charge is 0.481 e. The van der Waals surface area contributed by atoms with E-state index in [0.717, 1.165) is 29.0 Å². The number of imidazole rings is 1. The van der Waals surface area contributed by atoms with Gasteiger partial charge in [0.2, 0.25) is 11.8 Å². The number of amides is 2. The van der Waals surface area contributed by atoms with Gasteiger partial charge < -0.3 is 50.9 Å². The number of nitrogen functional groups attached to an aromatic ring is 1. The third-order valence-electron chi connectivity index (χ3n) is 7.52. The van der Waals surface area contributed by atoms with Gasteiger partial charge in [-0.2, -0.15) is 4.31 Å². The summed E-state index contributed by atoms with van der Waals surface area (Å²) in [5.41, 5.74) is 4.26. The Labute approximate surface area is 318 Å². The van der Waals surface area contributed by atoms with E-state index < -0.39 is 84.6 Å². The standard InChI is InChI=1S/C27H44N7O17P3S/c1-4-5-6-7-18(36)55-11-10-29-17(35)8-9-30-25(39)22(38)27(2,3)13-48-54(45,46)51-53(43,44)47-12-16-21(50-52(40,41)42)20(37)26(49-16)34-15-33-19-23(28)31-14-32-24(19)34/h4-5,14-16,20-22,26,37-38H,6-13H2,1-3H3,(H,29,35)(H,30,39)(H,43,44)(H,45,46)(H2,28,31,32)(H2,40,41,42)/b5-4+/t16-,20-,21-,22+,26-/m1/s1. The highest BCUT2D eigenvalue weighted by Crippen LogP contribution is 2.61. The van der Waals surface area contributed by atoms with Crippen molar-refractivity contribution in [3.05, 3.63) is 24.8 Å². The van der Waals surface area contributed by atoms with Crippen LogP contribution >= 0.6 is 35.2 Å². The lowest BCUT2D eigenvalue weighted by Gasteiger charge is -2.30. The highest BCUT2D eigenvalue weighted by atomic mass is 32.2. The summed E-state index contributed by atoms with van der Waals surface area (Å²) in [6.07, 6.45) is -2.17. The van der Waals surface area contributed by atoms with Crippen LogP contribution in [0.1, 0.15) is 46.3 Å². The summed E-state index contributed by atoms with van der Waals surface area (Å²) in [5, 5.41) is 26.3. The Balaban J connectivity index is 1.49. The van der Waals surface area contributed by atoms with Gasteiger partial charge >= 0.3 is 23.5 Å². The summed E-state index contributed by atoms with van der Waals surface area (Å²) in [4.78, 5) is 87.2. The number of aliphatic hydroxyl groups excluding tert-OH is 2. The molecule has 0 saturated carbocycles. The molecule has 2 aromatic heterocycles. The van der Waals surface area contributed by atoms with Crippen LogP contribution in [0.3, 0.4) is 0 Å². The monoisotopic (exact) mass is 863 g/mol. The minimum Gasteiger partial charge on any atom is -0.386 e. The summed E-state index contributed by atoms with van der Waals surface area (Å²) in [6.45, 7) is 2.37.